The van der Waals surface area contributed by atoms with E-state index in [1.54, 1.807) is 18.8 Å². The second-order valence-electron chi connectivity index (χ2n) is 5.91. The second kappa shape index (κ2) is 6.55. The summed E-state index contributed by atoms with van der Waals surface area (Å²) in [5.41, 5.74) is 3.48. The number of hydrogen-bond donors (Lipinski definition) is 1. The topological polar surface area (TPSA) is 65.4 Å². The van der Waals surface area contributed by atoms with E-state index in [-0.39, 0.29) is 11.9 Å². The highest BCUT2D eigenvalue weighted by Gasteiger charge is 2.29. The van der Waals surface area contributed by atoms with Crippen molar-refractivity contribution in [2.75, 3.05) is 13.7 Å². The summed E-state index contributed by atoms with van der Waals surface area (Å²) < 4.78 is 12.6. The molecule has 0 bridgehead atoms. The summed E-state index contributed by atoms with van der Waals surface area (Å²) in [6, 6.07) is 6.01. The molecule has 0 saturated carbocycles. The molecule has 0 unspecified atom stereocenters. The van der Waals surface area contributed by atoms with Crippen molar-refractivity contribution in [2.45, 2.75) is 32.7 Å². The van der Waals surface area contributed by atoms with Crippen molar-refractivity contribution in [3.05, 3.63) is 40.6 Å². The second-order valence-corrected chi connectivity index (χ2v) is 5.91. The van der Waals surface area contributed by atoms with Crippen molar-refractivity contribution in [3.63, 3.8) is 0 Å². The van der Waals surface area contributed by atoms with Gasteiger partial charge >= 0.3 is 0 Å². The van der Waals surface area contributed by atoms with Crippen LogP contribution in [0.2, 0.25) is 0 Å². The molecule has 1 N–H and O–H groups in total. The average Bonchev–Trinajstić information content (AvgIpc) is 3.08. The van der Waals surface area contributed by atoms with Gasteiger partial charge in [-0.1, -0.05) is 12.1 Å². The molecule has 2 aromatic rings. The van der Waals surface area contributed by atoms with E-state index in [4.69, 9.17) is 9.47 Å². The maximum Gasteiger partial charge on any atom is 0.259 e. The molecule has 6 nitrogen and oxygen atoms in total. The molecule has 0 fully saturated rings. The quantitative estimate of drug-likeness (QED) is 0.915. The van der Waals surface area contributed by atoms with Gasteiger partial charge in [0.1, 0.15) is 11.3 Å². The zero-order valence-electron chi connectivity index (χ0n) is 14.5. The zero-order valence-corrected chi connectivity index (χ0v) is 14.5. The molecule has 1 heterocycles. The largest absolute Gasteiger partial charge is 0.494 e. The van der Waals surface area contributed by atoms with Gasteiger partial charge in [-0.25, -0.2) is 4.68 Å². The monoisotopic (exact) mass is 329 g/mol. The first-order chi connectivity index (χ1) is 11.6. The minimum atomic E-state index is -0.155. The lowest BCUT2D eigenvalue weighted by Crippen LogP contribution is -2.27. The predicted octanol–water partition coefficient (Wildman–Crippen LogP) is 2.55. The van der Waals surface area contributed by atoms with Crippen molar-refractivity contribution in [2.24, 2.45) is 7.05 Å². The van der Waals surface area contributed by atoms with E-state index in [9.17, 15) is 4.79 Å². The van der Waals surface area contributed by atoms with Crippen LogP contribution in [0.4, 0.5) is 0 Å². The molecular formula is C18H23N3O3. The summed E-state index contributed by atoms with van der Waals surface area (Å²) in [7, 11) is 3.31. The molecule has 1 atom stereocenters. The first-order valence-electron chi connectivity index (χ1n) is 8.19. The van der Waals surface area contributed by atoms with E-state index in [2.05, 4.69) is 16.5 Å². The number of carbonyl (C=O) groups is 1. The maximum atomic E-state index is 12.8. The summed E-state index contributed by atoms with van der Waals surface area (Å²) >= 11 is 0. The van der Waals surface area contributed by atoms with Gasteiger partial charge in [0.05, 0.1) is 25.5 Å². The normalized spacial score (nSPS) is 15.9. The lowest BCUT2D eigenvalue weighted by molar-refractivity contribution is 0.0932. The minimum Gasteiger partial charge on any atom is -0.494 e. The molecule has 0 saturated heterocycles. The Labute approximate surface area is 141 Å². The number of nitrogens with one attached hydrogen (secondary N) is 1. The molecule has 0 spiro atoms. The van der Waals surface area contributed by atoms with Gasteiger partial charge < -0.3 is 14.8 Å². The molecule has 128 valence electrons. The van der Waals surface area contributed by atoms with Crippen LogP contribution < -0.4 is 14.8 Å². The molecule has 1 amide bonds. The standard InChI is InChI=1S/C18H23N3O3/c1-5-24-15-8-6-7-12-13(15)9-10-14(12)19-17(22)16-11(2)20-21(3)18(16)23-4/h6-8,14H,5,9-10H2,1-4H3,(H,19,22)/t14-/m0/s1. The van der Waals surface area contributed by atoms with Gasteiger partial charge in [0.2, 0.25) is 5.88 Å². The fourth-order valence-electron chi connectivity index (χ4n) is 3.42. The number of nitrogens with zero attached hydrogens (tertiary/aromatic N) is 2. The molecule has 1 aromatic carbocycles. The van der Waals surface area contributed by atoms with Gasteiger partial charge in [-0.2, -0.15) is 5.10 Å². The van der Waals surface area contributed by atoms with Gasteiger partial charge in [0, 0.05) is 7.05 Å². The number of amides is 1. The molecular weight excluding hydrogens is 306 g/mol. The van der Waals surface area contributed by atoms with Crippen LogP contribution in [0.5, 0.6) is 11.6 Å². The van der Waals surface area contributed by atoms with Crippen molar-refractivity contribution < 1.29 is 14.3 Å². The molecule has 3 rings (SSSR count). The lowest BCUT2D eigenvalue weighted by atomic mass is 10.1. The van der Waals surface area contributed by atoms with Gasteiger partial charge in [-0.15, -0.1) is 0 Å². The minimum absolute atomic E-state index is 0.0165. The SMILES string of the molecule is CCOc1cccc2c1CC[C@@H]2NC(=O)c1c(C)nn(C)c1OC. The lowest BCUT2D eigenvalue weighted by Gasteiger charge is -2.15. The number of hydrogen-bond acceptors (Lipinski definition) is 4. The molecule has 1 aliphatic rings. The van der Waals surface area contributed by atoms with Gasteiger partial charge in [-0.3, -0.25) is 4.79 Å². The Morgan fingerprint density at radius 2 is 2.25 bits per heavy atom. The Morgan fingerprint density at radius 1 is 1.46 bits per heavy atom. The van der Waals surface area contributed by atoms with Crippen LogP contribution in [-0.4, -0.2) is 29.4 Å². The van der Waals surface area contributed by atoms with Crippen molar-refractivity contribution in [1.29, 1.82) is 0 Å². The fourth-order valence-corrected chi connectivity index (χ4v) is 3.42. The third kappa shape index (κ3) is 2.72. The number of benzene rings is 1. The van der Waals surface area contributed by atoms with Crippen molar-refractivity contribution in [1.82, 2.24) is 15.1 Å². The number of methoxy groups -OCH3 is 1. The third-order valence-electron chi connectivity index (χ3n) is 4.42. The molecule has 1 aromatic heterocycles. The van der Waals surface area contributed by atoms with Crippen LogP contribution in [0, 0.1) is 6.92 Å². The van der Waals surface area contributed by atoms with Crippen molar-refractivity contribution in [3.8, 4) is 11.6 Å². The van der Waals surface area contributed by atoms with E-state index in [0.717, 1.165) is 24.2 Å². The first kappa shape index (κ1) is 16.4. The predicted molar refractivity (Wildman–Crippen MR) is 90.6 cm³/mol. The third-order valence-corrected chi connectivity index (χ3v) is 4.42. The Hall–Kier alpha value is -2.50. The number of ether oxygens (including phenoxy) is 2. The summed E-state index contributed by atoms with van der Waals surface area (Å²) in [6.45, 7) is 4.43. The fraction of sp³-hybridized carbons (Fsp3) is 0.444. The number of rotatable bonds is 5. The maximum absolute atomic E-state index is 12.8. The van der Waals surface area contributed by atoms with Crippen LogP contribution in [0.3, 0.4) is 0 Å². The average molecular weight is 329 g/mol. The van der Waals surface area contributed by atoms with E-state index in [1.165, 1.54) is 5.56 Å². The summed E-state index contributed by atoms with van der Waals surface area (Å²) in [4.78, 5) is 12.8. The smallest absolute Gasteiger partial charge is 0.259 e. The molecule has 0 radical (unpaired) electrons. The van der Waals surface area contributed by atoms with E-state index in [0.29, 0.717) is 23.7 Å². The highest BCUT2D eigenvalue weighted by molar-refractivity contribution is 5.98. The van der Waals surface area contributed by atoms with E-state index < -0.39 is 0 Å². The molecule has 24 heavy (non-hydrogen) atoms. The van der Waals surface area contributed by atoms with E-state index >= 15 is 0 Å². The van der Waals surface area contributed by atoms with E-state index in [1.807, 2.05) is 26.0 Å². The Bertz CT molecular complexity index is 767. The highest BCUT2D eigenvalue weighted by Crippen LogP contribution is 2.37. The summed E-state index contributed by atoms with van der Waals surface area (Å²) in [6.07, 6.45) is 1.77. The highest BCUT2D eigenvalue weighted by atomic mass is 16.5. The van der Waals surface area contributed by atoms with Crippen LogP contribution in [0.25, 0.3) is 0 Å². The molecule has 6 heteroatoms. The number of carbonyl (C=O) groups excluding carboxylic acids is 1. The van der Waals surface area contributed by atoms with Crippen LogP contribution in [-0.2, 0) is 13.5 Å². The Balaban J connectivity index is 1.85. The Morgan fingerprint density at radius 3 is 2.96 bits per heavy atom. The zero-order chi connectivity index (χ0) is 17.3. The molecule has 1 aliphatic carbocycles. The van der Waals surface area contributed by atoms with Gasteiger partial charge in [-0.05, 0) is 43.9 Å². The number of fused-ring (bicyclic) bond motifs is 1. The Kier molecular flexibility index (Phi) is 4.46. The van der Waals surface area contributed by atoms with Crippen LogP contribution in [0.1, 0.15) is 46.6 Å². The molecule has 0 aliphatic heterocycles. The number of aromatic nitrogens is 2. The van der Waals surface area contributed by atoms with Gasteiger partial charge in [0.15, 0.2) is 0 Å². The van der Waals surface area contributed by atoms with Crippen LogP contribution >= 0.6 is 0 Å². The van der Waals surface area contributed by atoms with Crippen LogP contribution in [0.15, 0.2) is 18.2 Å². The first-order valence-corrected chi connectivity index (χ1v) is 8.19. The van der Waals surface area contributed by atoms with Crippen molar-refractivity contribution >= 4 is 5.91 Å². The summed E-state index contributed by atoms with van der Waals surface area (Å²) in [5.74, 6) is 1.24. The van der Waals surface area contributed by atoms with Gasteiger partial charge in [0.25, 0.3) is 5.91 Å². The number of aryl methyl sites for hydroxylation is 2. The summed E-state index contributed by atoms with van der Waals surface area (Å²) in [5, 5.41) is 7.39.